The van der Waals surface area contributed by atoms with Crippen LogP contribution in [0.5, 0.6) is 0 Å². The summed E-state index contributed by atoms with van der Waals surface area (Å²) >= 11 is 0. The van der Waals surface area contributed by atoms with Gasteiger partial charge in [0.15, 0.2) is 0 Å². The van der Waals surface area contributed by atoms with Gasteiger partial charge in [-0.3, -0.25) is 0 Å². The van der Waals surface area contributed by atoms with Gasteiger partial charge in [-0.2, -0.15) is 0 Å². The third-order valence-electron chi connectivity index (χ3n) is 6.49. The highest BCUT2D eigenvalue weighted by atomic mass is 16.6. The number of hydrogen-bond donors (Lipinski definition) is 5. The monoisotopic (exact) mass is 302 g/mol. The van der Waals surface area contributed by atoms with E-state index in [0.29, 0.717) is 0 Å². The quantitative estimate of drug-likeness (QED) is 0.399. The second-order valence-electron chi connectivity index (χ2n) is 7.96. The van der Waals surface area contributed by atoms with Gasteiger partial charge in [-0.15, -0.1) is 0 Å². The summed E-state index contributed by atoms with van der Waals surface area (Å²) in [5, 5.41) is 53.5. The smallest absolute Gasteiger partial charge is 0.134 e. The summed E-state index contributed by atoms with van der Waals surface area (Å²) in [6, 6.07) is 0. The minimum absolute atomic E-state index is 0.256. The van der Waals surface area contributed by atoms with E-state index in [-0.39, 0.29) is 12.8 Å². The van der Waals surface area contributed by atoms with Gasteiger partial charge in [-0.1, -0.05) is 6.92 Å². The van der Waals surface area contributed by atoms with Gasteiger partial charge in [-0.25, -0.2) is 0 Å². The van der Waals surface area contributed by atoms with Crippen LogP contribution in [0.25, 0.3) is 0 Å². The number of ether oxygens (including phenoxy) is 1. The van der Waals surface area contributed by atoms with Gasteiger partial charge in [0.2, 0.25) is 0 Å². The third-order valence-corrected chi connectivity index (χ3v) is 6.49. The average Bonchev–Trinajstić information content (AvgIpc) is 2.56. The summed E-state index contributed by atoms with van der Waals surface area (Å²) in [4.78, 5) is 0. The zero-order chi connectivity index (χ0) is 16.0. The first kappa shape index (κ1) is 15.6. The van der Waals surface area contributed by atoms with Gasteiger partial charge in [0.05, 0.1) is 41.0 Å². The highest BCUT2D eigenvalue weighted by molar-refractivity contribution is 5.30. The maximum Gasteiger partial charge on any atom is 0.134 e. The zero-order valence-corrected chi connectivity index (χ0v) is 12.9. The molecule has 0 aromatic carbocycles. The third kappa shape index (κ3) is 1.44. The van der Waals surface area contributed by atoms with E-state index in [1.807, 2.05) is 0 Å². The lowest BCUT2D eigenvalue weighted by atomic mass is 9.47. The fraction of sp³-hybridized carbons (Fsp3) is 1.00. The van der Waals surface area contributed by atoms with Crippen molar-refractivity contribution in [2.75, 3.05) is 0 Å². The fourth-order valence-corrected chi connectivity index (χ4v) is 5.33. The summed E-state index contributed by atoms with van der Waals surface area (Å²) in [6.07, 6.45) is -4.12. The summed E-state index contributed by atoms with van der Waals surface area (Å²) in [6.45, 7) is 6.62. The molecule has 2 bridgehead atoms. The molecule has 0 amide bonds. The van der Waals surface area contributed by atoms with E-state index < -0.39 is 52.6 Å². The lowest BCUT2D eigenvalue weighted by Crippen LogP contribution is -2.80. The largest absolute Gasteiger partial charge is 0.392 e. The van der Waals surface area contributed by atoms with E-state index in [4.69, 9.17) is 4.74 Å². The van der Waals surface area contributed by atoms with Crippen molar-refractivity contribution in [3.8, 4) is 0 Å². The molecule has 2 aliphatic carbocycles. The molecule has 5 N–H and O–H groups in total. The molecule has 1 saturated heterocycles. The van der Waals surface area contributed by atoms with Crippen LogP contribution in [0.15, 0.2) is 0 Å². The maximum atomic E-state index is 10.9. The topological polar surface area (TPSA) is 110 Å². The van der Waals surface area contributed by atoms with Crippen LogP contribution >= 0.6 is 0 Å². The molecular formula is C15H26O6. The second kappa shape index (κ2) is 3.99. The minimum atomic E-state index is -1.51. The molecule has 3 fully saturated rings. The molecule has 1 aliphatic heterocycles. The molecule has 3 rings (SSSR count). The van der Waals surface area contributed by atoms with E-state index in [0.717, 1.165) is 0 Å². The van der Waals surface area contributed by atoms with Crippen molar-refractivity contribution in [2.45, 2.75) is 81.8 Å². The lowest BCUT2D eigenvalue weighted by Gasteiger charge is -2.64. The van der Waals surface area contributed by atoms with Gasteiger partial charge < -0.3 is 30.3 Å². The number of aliphatic hydroxyl groups is 5. The van der Waals surface area contributed by atoms with Crippen molar-refractivity contribution < 1.29 is 30.3 Å². The predicted octanol–water partition coefficient (Wildman–Crippen LogP) is -0.842. The van der Waals surface area contributed by atoms with Crippen molar-refractivity contribution in [1.82, 2.24) is 0 Å². The Morgan fingerprint density at radius 3 is 2.10 bits per heavy atom. The zero-order valence-electron chi connectivity index (χ0n) is 12.9. The number of aliphatic hydroxyl groups excluding tert-OH is 4. The predicted molar refractivity (Wildman–Crippen MR) is 73.4 cm³/mol. The SMILES string of the molecule is CC1(C)OC23C(O)C1C(O)C(O)C2(C)C(O)CCC3(C)O. The molecule has 6 heteroatoms. The van der Waals surface area contributed by atoms with Crippen molar-refractivity contribution in [3.05, 3.63) is 0 Å². The molecule has 0 radical (unpaired) electrons. The standard InChI is InChI=1S/C15H26O6/c1-12(2)8-9(17)11(19)14(4)7(16)5-6-13(3,20)15(14,21-12)10(8)18/h7-11,16-20H,5-6H2,1-4H3. The molecule has 1 spiro atoms. The molecule has 21 heavy (non-hydrogen) atoms. The Kier molecular flexibility index (Phi) is 2.97. The van der Waals surface area contributed by atoms with Gasteiger partial charge in [0, 0.05) is 5.92 Å². The lowest BCUT2D eigenvalue weighted by molar-refractivity contribution is -0.335. The van der Waals surface area contributed by atoms with E-state index in [1.165, 1.54) is 0 Å². The second-order valence-corrected chi connectivity index (χ2v) is 7.96. The van der Waals surface area contributed by atoms with Crippen LogP contribution in [-0.4, -0.2) is 66.8 Å². The Morgan fingerprint density at radius 2 is 1.52 bits per heavy atom. The van der Waals surface area contributed by atoms with Crippen molar-refractivity contribution in [3.63, 3.8) is 0 Å². The van der Waals surface area contributed by atoms with E-state index >= 15 is 0 Å². The minimum Gasteiger partial charge on any atom is -0.392 e. The van der Waals surface area contributed by atoms with Crippen molar-refractivity contribution in [2.24, 2.45) is 11.3 Å². The van der Waals surface area contributed by atoms with Crippen molar-refractivity contribution >= 4 is 0 Å². The summed E-state index contributed by atoms with van der Waals surface area (Å²) < 4.78 is 6.13. The number of fused-ring (bicyclic) bond motifs is 1. The van der Waals surface area contributed by atoms with Crippen LogP contribution in [0.2, 0.25) is 0 Å². The molecular weight excluding hydrogens is 276 g/mol. The molecule has 1 heterocycles. The van der Waals surface area contributed by atoms with Crippen LogP contribution in [0.1, 0.15) is 40.5 Å². The first-order valence-corrected chi connectivity index (χ1v) is 7.58. The van der Waals surface area contributed by atoms with E-state index in [2.05, 4.69) is 0 Å². The maximum absolute atomic E-state index is 10.9. The van der Waals surface area contributed by atoms with Gasteiger partial charge in [-0.05, 0) is 33.6 Å². The Labute approximate surface area is 124 Å². The molecule has 122 valence electrons. The summed E-state index contributed by atoms with van der Waals surface area (Å²) in [7, 11) is 0. The summed E-state index contributed by atoms with van der Waals surface area (Å²) in [5.74, 6) is -0.725. The van der Waals surface area contributed by atoms with E-state index in [9.17, 15) is 25.5 Å². The van der Waals surface area contributed by atoms with Crippen molar-refractivity contribution in [1.29, 1.82) is 0 Å². The fourth-order valence-electron chi connectivity index (χ4n) is 5.33. The first-order chi connectivity index (χ1) is 9.43. The highest BCUT2D eigenvalue weighted by Crippen LogP contribution is 2.66. The van der Waals surface area contributed by atoms with Gasteiger partial charge in [0.25, 0.3) is 0 Å². The first-order valence-electron chi connectivity index (χ1n) is 7.58. The van der Waals surface area contributed by atoms with Gasteiger partial charge in [0.1, 0.15) is 5.60 Å². The normalized spacial score (nSPS) is 62.4. The number of rotatable bonds is 0. The highest BCUT2D eigenvalue weighted by Gasteiger charge is 2.81. The Hall–Kier alpha value is -0.240. The van der Waals surface area contributed by atoms with E-state index in [1.54, 1.807) is 27.7 Å². The Balaban J connectivity index is 2.28. The van der Waals surface area contributed by atoms with Crippen LogP contribution in [0.3, 0.4) is 0 Å². The Morgan fingerprint density at radius 1 is 0.952 bits per heavy atom. The van der Waals surface area contributed by atoms with Gasteiger partial charge >= 0.3 is 0 Å². The van der Waals surface area contributed by atoms with Crippen LogP contribution in [-0.2, 0) is 4.74 Å². The molecule has 3 aliphatic rings. The van der Waals surface area contributed by atoms with Crippen LogP contribution < -0.4 is 0 Å². The molecule has 0 aromatic rings. The average molecular weight is 302 g/mol. The molecule has 0 aromatic heterocycles. The molecule has 8 atom stereocenters. The van der Waals surface area contributed by atoms with Crippen LogP contribution in [0, 0.1) is 11.3 Å². The molecule has 6 nitrogen and oxygen atoms in total. The van der Waals surface area contributed by atoms with Crippen LogP contribution in [0.4, 0.5) is 0 Å². The number of hydrogen-bond acceptors (Lipinski definition) is 6. The Bertz CT molecular complexity index is 463. The molecule has 8 unspecified atom stereocenters. The summed E-state index contributed by atoms with van der Waals surface area (Å²) in [5.41, 5.74) is -5.19. The molecule has 2 saturated carbocycles.